The second kappa shape index (κ2) is 7.80. The number of hydrogen-bond acceptors (Lipinski definition) is 5. The Morgan fingerprint density at radius 2 is 1.86 bits per heavy atom. The lowest BCUT2D eigenvalue weighted by atomic mass is 10.2. The lowest BCUT2D eigenvalue weighted by molar-refractivity contribution is -0.132. The van der Waals surface area contributed by atoms with Gasteiger partial charge in [0.2, 0.25) is 5.91 Å². The Kier molecular flexibility index (Phi) is 5.06. The van der Waals surface area contributed by atoms with Crippen molar-refractivity contribution in [3.8, 4) is 11.5 Å². The molecule has 4 rings (SSSR count). The molecule has 0 saturated carbocycles. The van der Waals surface area contributed by atoms with Crippen molar-refractivity contribution in [1.29, 1.82) is 0 Å². The standard InChI is InChI=1S/C21H23N3O4/c1-27-17-6-4-5-16(13-17)22-9-11-23(12-10-22)20(25)14-24-18-7-2-3-8-19(18)28-15-21(24)26/h2-8,13H,9-12,14-15H2,1H3. The molecule has 0 radical (unpaired) electrons. The second-order valence-electron chi connectivity index (χ2n) is 6.81. The maximum absolute atomic E-state index is 12.8. The first-order valence-electron chi connectivity index (χ1n) is 9.34. The van der Waals surface area contributed by atoms with Gasteiger partial charge in [-0.1, -0.05) is 18.2 Å². The van der Waals surface area contributed by atoms with Crippen LogP contribution in [-0.2, 0) is 9.59 Å². The molecule has 28 heavy (non-hydrogen) atoms. The number of ether oxygens (including phenoxy) is 2. The zero-order valence-corrected chi connectivity index (χ0v) is 15.8. The van der Waals surface area contributed by atoms with Crippen molar-refractivity contribution in [2.24, 2.45) is 0 Å². The number of hydrogen-bond donors (Lipinski definition) is 0. The number of carbonyl (C=O) groups is 2. The first kappa shape index (κ1) is 18.2. The maximum atomic E-state index is 12.8. The van der Waals surface area contributed by atoms with Crippen LogP contribution >= 0.6 is 0 Å². The number of piperazine rings is 1. The summed E-state index contributed by atoms with van der Waals surface area (Å²) in [4.78, 5) is 30.7. The van der Waals surface area contributed by atoms with E-state index in [4.69, 9.17) is 9.47 Å². The molecular weight excluding hydrogens is 358 g/mol. The van der Waals surface area contributed by atoms with Crippen LogP contribution in [0.5, 0.6) is 11.5 Å². The van der Waals surface area contributed by atoms with E-state index in [2.05, 4.69) is 4.90 Å². The number of anilines is 2. The molecule has 7 nitrogen and oxygen atoms in total. The normalized spacial score (nSPS) is 16.5. The monoisotopic (exact) mass is 381 g/mol. The minimum absolute atomic E-state index is 0.0338. The van der Waals surface area contributed by atoms with E-state index in [9.17, 15) is 9.59 Å². The van der Waals surface area contributed by atoms with Gasteiger partial charge in [-0.2, -0.15) is 0 Å². The van der Waals surface area contributed by atoms with Gasteiger partial charge in [0.05, 0.1) is 12.8 Å². The van der Waals surface area contributed by atoms with E-state index < -0.39 is 0 Å². The van der Waals surface area contributed by atoms with Crippen molar-refractivity contribution in [2.45, 2.75) is 0 Å². The molecule has 2 aromatic rings. The van der Waals surface area contributed by atoms with Gasteiger partial charge in [0.1, 0.15) is 18.0 Å². The number of rotatable bonds is 4. The lowest BCUT2D eigenvalue weighted by Gasteiger charge is -2.37. The number of nitrogens with zero attached hydrogens (tertiary/aromatic N) is 3. The molecule has 0 bridgehead atoms. The van der Waals surface area contributed by atoms with Crippen LogP contribution in [0.2, 0.25) is 0 Å². The molecule has 146 valence electrons. The van der Waals surface area contributed by atoms with Gasteiger partial charge >= 0.3 is 0 Å². The molecule has 0 atom stereocenters. The van der Waals surface area contributed by atoms with Gasteiger partial charge in [-0.25, -0.2) is 0 Å². The van der Waals surface area contributed by atoms with Gasteiger partial charge < -0.3 is 19.3 Å². The van der Waals surface area contributed by atoms with Gasteiger partial charge in [-0.3, -0.25) is 14.5 Å². The first-order valence-corrected chi connectivity index (χ1v) is 9.34. The summed E-state index contributed by atoms with van der Waals surface area (Å²) < 4.78 is 10.7. The Balaban J connectivity index is 1.39. The third-order valence-electron chi connectivity index (χ3n) is 5.15. The van der Waals surface area contributed by atoms with E-state index in [1.165, 1.54) is 4.90 Å². The van der Waals surface area contributed by atoms with Crippen LogP contribution in [0.1, 0.15) is 0 Å². The SMILES string of the molecule is COc1cccc(N2CCN(C(=O)CN3C(=O)COc4ccccc43)CC2)c1. The van der Waals surface area contributed by atoms with Crippen molar-refractivity contribution in [2.75, 3.05) is 56.2 Å². The number of methoxy groups -OCH3 is 1. The summed E-state index contributed by atoms with van der Waals surface area (Å²) in [5.41, 5.74) is 1.74. The Labute approximate surface area is 164 Å². The zero-order chi connectivity index (χ0) is 19.5. The van der Waals surface area contributed by atoms with E-state index in [-0.39, 0.29) is 25.0 Å². The summed E-state index contributed by atoms with van der Waals surface area (Å²) in [5.74, 6) is 1.22. The largest absolute Gasteiger partial charge is 0.497 e. The van der Waals surface area contributed by atoms with Crippen LogP contribution in [0.3, 0.4) is 0 Å². The summed E-state index contributed by atoms with van der Waals surface area (Å²) in [6.07, 6.45) is 0. The Bertz CT molecular complexity index is 877. The molecule has 2 aliphatic heterocycles. The quantitative estimate of drug-likeness (QED) is 0.808. The van der Waals surface area contributed by atoms with E-state index >= 15 is 0 Å². The average Bonchev–Trinajstić information content (AvgIpc) is 2.76. The van der Waals surface area contributed by atoms with Gasteiger partial charge in [-0.05, 0) is 24.3 Å². The van der Waals surface area contributed by atoms with Crippen LogP contribution in [0.15, 0.2) is 48.5 Å². The first-order chi connectivity index (χ1) is 13.7. The summed E-state index contributed by atoms with van der Waals surface area (Å²) in [7, 11) is 1.65. The fourth-order valence-electron chi connectivity index (χ4n) is 3.58. The third kappa shape index (κ3) is 3.60. The lowest BCUT2D eigenvalue weighted by Crippen LogP contribution is -2.53. The highest BCUT2D eigenvalue weighted by molar-refractivity contribution is 6.02. The highest BCUT2D eigenvalue weighted by Gasteiger charge is 2.29. The van der Waals surface area contributed by atoms with Crippen LogP contribution < -0.4 is 19.3 Å². The van der Waals surface area contributed by atoms with E-state index in [0.717, 1.165) is 24.5 Å². The molecule has 0 aromatic heterocycles. The molecule has 0 aliphatic carbocycles. The highest BCUT2D eigenvalue weighted by atomic mass is 16.5. The molecule has 0 unspecified atom stereocenters. The van der Waals surface area contributed by atoms with Crippen molar-refractivity contribution in [3.63, 3.8) is 0 Å². The molecule has 0 N–H and O–H groups in total. The van der Waals surface area contributed by atoms with Crippen molar-refractivity contribution in [3.05, 3.63) is 48.5 Å². The summed E-state index contributed by atoms with van der Waals surface area (Å²) in [6.45, 7) is 2.73. The zero-order valence-electron chi connectivity index (χ0n) is 15.8. The van der Waals surface area contributed by atoms with E-state index in [1.54, 1.807) is 13.2 Å². The highest BCUT2D eigenvalue weighted by Crippen LogP contribution is 2.31. The molecule has 7 heteroatoms. The third-order valence-corrected chi connectivity index (χ3v) is 5.15. The fraction of sp³-hybridized carbons (Fsp3) is 0.333. The predicted molar refractivity (Wildman–Crippen MR) is 106 cm³/mol. The van der Waals surface area contributed by atoms with Crippen LogP contribution in [0.4, 0.5) is 11.4 Å². The summed E-state index contributed by atoms with van der Waals surface area (Å²) in [5, 5.41) is 0. The van der Waals surface area contributed by atoms with Gasteiger partial charge in [-0.15, -0.1) is 0 Å². The summed E-state index contributed by atoms with van der Waals surface area (Å²) in [6, 6.07) is 15.2. The van der Waals surface area contributed by atoms with Crippen molar-refractivity contribution in [1.82, 2.24) is 4.90 Å². The molecule has 1 saturated heterocycles. The Morgan fingerprint density at radius 1 is 1.07 bits per heavy atom. The topological polar surface area (TPSA) is 62.3 Å². The molecule has 2 heterocycles. The predicted octanol–water partition coefficient (Wildman–Crippen LogP) is 1.77. The number of benzene rings is 2. The summed E-state index contributed by atoms with van der Waals surface area (Å²) >= 11 is 0. The van der Waals surface area contributed by atoms with Crippen LogP contribution in [-0.4, -0.2) is 63.2 Å². The molecule has 1 fully saturated rings. The number of fused-ring (bicyclic) bond motifs is 1. The average molecular weight is 381 g/mol. The molecule has 2 aromatic carbocycles. The van der Waals surface area contributed by atoms with Gasteiger partial charge in [0.25, 0.3) is 5.91 Å². The Hall–Kier alpha value is -3.22. The van der Waals surface area contributed by atoms with Crippen molar-refractivity contribution >= 4 is 23.2 Å². The maximum Gasteiger partial charge on any atom is 0.265 e. The van der Waals surface area contributed by atoms with E-state index in [0.29, 0.717) is 24.5 Å². The fourth-order valence-corrected chi connectivity index (χ4v) is 3.58. The minimum atomic E-state index is -0.193. The Morgan fingerprint density at radius 3 is 2.64 bits per heavy atom. The molecule has 2 aliphatic rings. The van der Waals surface area contributed by atoms with Crippen LogP contribution in [0, 0.1) is 0 Å². The molecular formula is C21H23N3O4. The van der Waals surface area contributed by atoms with Gasteiger partial charge in [0, 0.05) is 37.9 Å². The second-order valence-corrected chi connectivity index (χ2v) is 6.81. The van der Waals surface area contributed by atoms with Crippen molar-refractivity contribution < 1.29 is 19.1 Å². The van der Waals surface area contributed by atoms with E-state index in [1.807, 2.05) is 47.4 Å². The smallest absolute Gasteiger partial charge is 0.265 e. The molecule has 2 amide bonds. The number of para-hydroxylation sites is 2. The molecule has 0 spiro atoms. The van der Waals surface area contributed by atoms with Gasteiger partial charge in [0.15, 0.2) is 6.61 Å². The van der Waals surface area contributed by atoms with Crippen LogP contribution in [0.25, 0.3) is 0 Å². The number of amides is 2. The number of carbonyl (C=O) groups excluding carboxylic acids is 2. The minimum Gasteiger partial charge on any atom is -0.497 e.